The van der Waals surface area contributed by atoms with Gasteiger partial charge >= 0.3 is 0 Å². The van der Waals surface area contributed by atoms with E-state index in [9.17, 15) is 29.1 Å². The second kappa shape index (κ2) is 24.1. The number of nitrogens with two attached hydrogens (primary N) is 1. The van der Waals surface area contributed by atoms with Crippen LogP contribution in [0.5, 0.6) is 5.75 Å². The molecule has 54 heavy (non-hydrogen) atoms. The maximum Gasteiger partial charge on any atom is 0.242 e. The fourth-order valence-corrected chi connectivity index (χ4v) is 6.61. The highest BCUT2D eigenvalue weighted by molar-refractivity contribution is 7.80. The fraction of sp³-hybridized carbons (Fsp3) is 0.694. The number of fused-ring (bicyclic) bond motifs is 5. The lowest BCUT2D eigenvalue weighted by Crippen LogP contribution is -2.70. The summed E-state index contributed by atoms with van der Waals surface area (Å²) in [6, 6.07) is 4.74. The first-order chi connectivity index (χ1) is 25.9. The lowest BCUT2D eigenvalue weighted by molar-refractivity contribution is -0.129. The minimum Gasteiger partial charge on any atom is -0.508 e. The summed E-state index contributed by atoms with van der Waals surface area (Å²) in [4.78, 5) is 63.1. The molecule has 1 unspecified atom stereocenters. The van der Waals surface area contributed by atoms with Crippen LogP contribution in [0.4, 0.5) is 0 Å². The molecule has 2 saturated heterocycles. The number of thiol groups is 1. The Morgan fingerprint density at radius 3 is 1.91 bits per heavy atom. The molecule has 1 aromatic rings. The van der Waals surface area contributed by atoms with Crippen LogP contribution in [0, 0.1) is 0 Å². The molecule has 0 aliphatic carbocycles. The molecule has 0 aromatic heterocycles. The van der Waals surface area contributed by atoms with E-state index in [1.165, 1.54) is 12.1 Å². The van der Waals surface area contributed by atoms with Gasteiger partial charge in [-0.2, -0.15) is 12.6 Å². The number of unbranched alkanes of at least 4 members (excludes halogenated alkanes) is 2. The lowest BCUT2D eigenvalue weighted by Gasteiger charge is -2.39. The zero-order valence-electron chi connectivity index (χ0n) is 31.6. The Morgan fingerprint density at radius 2 is 1.30 bits per heavy atom. The van der Waals surface area contributed by atoms with Gasteiger partial charge in [0.1, 0.15) is 23.5 Å². The van der Waals surface area contributed by atoms with Crippen LogP contribution in [0.2, 0.25) is 0 Å². The van der Waals surface area contributed by atoms with Crippen molar-refractivity contribution in [2.45, 2.75) is 81.6 Å². The summed E-state index contributed by atoms with van der Waals surface area (Å²) in [6.45, 7) is 9.60. The molecule has 0 radical (unpaired) electrons. The van der Waals surface area contributed by atoms with E-state index in [0.717, 1.165) is 44.8 Å². The maximum absolute atomic E-state index is 13.3. The molecular formula is C36H63N11O6S. The van der Waals surface area contributed by atoms with Crippen LogP contribution in [0.3, 0.4) is 0 Å². The number of primary amides is 1. The largest absolute Gasteiger partial charge is 0.508 e. The molecule has 0 saturated carbocycles. The number of nitrogens with one attached hydrogen (secondary N) is 10. The van der Waals surface area contributed by atoms with Gasteiger partial charge in [-0.3, -0.25) is 29.3 Å². The van der Waals surface area contributed by atoms with E-state index in [0.29, 0.717) is 52.0 Å². The molecule has 2 atom stereocenters. The molecule has 2 bridgehead atoms. The molecule has 5 amide bonds. The zero-order chi connectivity index (χ0) is 39.2. The van der Waals surface area contributed by atoms with Crippen LogP contribution in [-0.2, 0) is 30.4 Å². The smallest absolute Gasteiger partial charge is 0.242 e. The van der Waals surface area contributed by atoms with Gasteiger partial charge in [-0.15, -0.1) is 0 Å². The van der Waals surface area contributed by atoms with Crippen LogP contribution < -0.4 is 58.9 Å². The van der Waals surface area contributed by atoms with E-state index < -0.39 is 23.7 Å². The molecule has 13 N–H and O–H groups in total. The average molecular weight is 778 g/mol. The second-order valence-electron chi connectivity index (χ2n) is 14.4. The predicted octanol–water partition coefficient (Wildman–Crippen LogP) is -2.70. The highest BCUT2D eigenvalue weighted by atomic mass is 32.1. The monoisotopic (exact) mass is 777 g/mol. The highest BCUT2D eigenvalue weighted by Gasteiger charge is 2.32. The van der Waals surface area contributed by atoms with Crippen LogP contribution in [0.1, 0.15) is 57.4 Å². The van der Waals surface area contributed by atoms with E-state index >= 15 is 0 Å². The van der Waals surface area contributed by atoms with Gasteiger partial charge in [0.05, 0.1) is 0 Å². The number of carbonyl (C=O) groups excluding carboxylic acids is 5. The van der Waals surface area contributed by atoms with E-state index in [4.69, 9.17) is 5.73 Å². The van der Waals surface area contributed by atoms with Gasteiger partial charge in [0.25, 0.3) is 0 Å². The van der Waals surface area contributed by atoms with Crippen molar-refractivity contribution in [3.63, 3.8) is 0 Å². The van der Waals surface area contributed by atoms with Crippen molar-refractivity contribution in [3.05, 3.63) is 29.8 Å². The molecule has 304 valence electrons. The summed E-state index contributed by atoms with van der Waals surface area (Å²) >= 11 is 4.02. The van der Waals surface area contributed by atoms with Gasteiger partial charge in [0.15, 0.2) is 0 Å². The third-order valence-corrected chi connectivity index (χ3v) is 9.80. The number of carbonyl (C=O) groups is 5. The van der Waals surface area contributed by atoms with Gasteiger partial charge in [-0.1, -0.05) is 18.6 Å². The summed E-state index contributed by atoms with van der Waals surface area (Å²) < 4.78 is 0. The first-order valence-electron chi connectivity index (χ1n) is 19.1. The molecule has 2 heterocycles. The first-order valence-corrected chi connectivity index (χ1v) is 19.7. The summed E-state index contributed by atoms with van der Waals surface area (Å²) in [5.41, 5.74) is 5.13. The third kappa shape index (κ3) is 17.3. The second-order valence-corrected chi connectivity index (χ2v) is 14.8. The molecule has 0 spiro atoms. The number of hydrogen-bond acceptors (Lipinski definition) is 13. The normalized spacial score (nSPS) is 22.3. The van der Waals surface area contributed by atoms with E-state index in [-0.39, 0.29) is 72.8 Å². The van der Waals surface area contributed by atoms with E-state index in [2.05, 4.69) is 72.7 Å². The van der Waals surface area contributed by atoms with Crippen LogP contribution in [0.25, 0.3) is 0 Å². The van der Waals surface area contributed by atoms with Crippen molar-refractivity contribution < 1.29 is 29.1 Å². The Kier molecular flexibility index (Phi) is 20.0. The Labute approximate surface area is 324 Å². The quantitative estimate of drug-likeness (QED) is 0.0538. The minimum atomic E-state index is -0.874. The van der Waals surface area contributed by atoms with E-state index in [1.54, 1.807) is 12.1 Å². The molecule has 1 aromatic carbocycles. The fourth-order valence-electron chi connectivity index (χ4n) is 6.34. The van der Waals surface area contributed by atoms with Crippen molar-refractivity contribution in [1.29, 1.82) is 0 Å². The molecular weight excluding hydrogens is 715 g/mol. The van der Waals surface area contributed by atoms with Crippen LogP contribution in [-0.4, -0.2) is 136 Å². The third-order valence-electron chi connectivity index (χ3n) is 9.44. The molecule has 18 heteroatoms. The Balaban J connectivity index is 1.50. The average Bonchev–Trinajstić information content (AvgIpc) is 3.13. The van der Waals surface area contributed by atoms with Crippen LogP contribution in [0.15, 0.2) is 24.3 Å². The van der Waals surface area contributed by atoms with Crippen molar-refractivity contribution >= 4 is 42.2 Å². The summed E-state index contributed by atoms with van der Waals surface area (Å²) in [5.74, 6) is -1.62. The number of amides is 5. The van der Waals surface area contributed by atoms with Crippen molar-refractivity contribution in [2.24, 2.45) is 5.73 Å². The lowest BCUT2D eigenvalue weighted by atomic mass is 10.0. The summed E-state index contributed by atoms with van der Waals surface area (Å²) in [6.07, 6.45) is 2.69. The van der Waals surface area contributed by atoms with Gasteiger partial charge in [0.2, 0.25) is 29.5 Å². The van der Waals surface area contributed by atoms with Gasteiger partial charge in [-0.05, 0) is 43.9 Å². The predicted molar refractivity (Wildman–Crippen MR) is 211 cm³/mol. The summed E-state index contributed by atoms with van der Waals surface area (Å²) in [7, 11) is 0. The first kappa shape index (κ1) is 44.9. The van der Waals surface area contributed by atoms with Gasteiger partial charge < -0.3 is 58.7 Å². The number of rotatable bonds is 18. The molecule has 2 aliphatic heterocycles. The van der Waals surface area contributed by atoms with Gasteiger partial charge in [0, 0.05) is 109 Å². The Morgan fingerprint density at radius 1 is 0.741 bits per heavy atom. The Hall–Kier alpha value is -3.52. The molecule has 17 nitrogen and oxygen atoms in total. The molecule has 2 fully saturated rings. The standard InChI is InChI=1S/C36H63N11O6S/c1-35-22-38-14-16-40-24-36(44-19-18-43-35,25-41-17-15-39-23-35)47-32(51)8-5-7-31(50)45-28(20-26-9-11-27(48)12-10-26)34(53)42-13-4-2-3-6-30(49)46-29(21-54)33(37)52/h9-12,28-29,38-41,43-44,48,54H,2-8,13-25H2,1H3,(H2,37,52)(H,42,53)(H,45,50)(H,46,49)(H,47,51)/t28?,29-,35-,36-/m0/s1. The van der Waals surface area contributed by atoms with Crippen molar-refractivity contribution in [1.82, 2.24) is 53.2 Å². The van der Waals surface area contributed by atoms with E-state index in [1.807, 2.05) is 0 Å². The number of phenolic OH excluding ortho intramolecular Hbond substituents is 1. The van der Waals surface area contributed by atoms with Crippen molar-refractivity contribution in [3.8, 4) is 5.75 Å². The highest BCUT2D eigenvalue weighted by Crippen LogP contribution is 2.12. The number of aromatic hydroxyl groups is 1. The topological polar surface area (TPSA) is 252 Å². The summed E-state index contributed by atoms with van der Waals surface area (Å²) in [5, 5.41) is 42.4. The Bertz CT molecular complexity index is 1320. The minimum absolute atomic E-state index is 0.0510. The number of hydrogen-bond donors (Lipinski definition) is 13. The van der Waals surface area contributed by atoms with Crippen molar-refractivity contribution in [2.75, 3.05) is 77.7 Å². The zero-order valence-corrected chi connectivity index (χ0v) is 32.5. The number of phenols is 1. The molecule has 2 aliphatic rings. The van der Waals surface area contributed by atoms with Crippen LogP contribution >= 0.6 is 12.6 Å². The van der Waals surface area contributed by atoms with Gasteiger partial charge in [-0.25, -0.2) is 0 Å². The number of benzene rings is 1. The maximum atomic E-state index is 13.3. The SMILES string of the molecule is C[C@]12CNCCNC[C@](NC(=O)CCCC(=O)NC(Cc3ccc(O)cc3)C(=O)NCCCCCC(=O)N[C@@H](CS)C(N)=O)(CNCCNC1)NCCN2. The molecule has 3 rings (SSSR count).